The van der Waals surface area contributed by atoms with E-state index >= 15 is 0 Å². The number of nitrogens with zero attached hydrogens (tertiary/aromatic N) is 1. The molecule has 0 aliphatic rings. The van der Waals surface area contributed by atoms with Crippen molar-refractivity contribution in [1.29, 1.82) is 0 Å². The average molecular weight is 677 g/mol. The van der Waals surface area contributed by atoms with Crippen LogP contribution in [0.15, 0.2) is 16.3 Å². The number of aryl methyl sites for hydroxylation is 1. The highest BCUT2D eigenvalue weighted by molar-refractivity contribution is 7.92. The van der Waals surface area contributed by atoms with Crippen LogP contribution < -0.4 is 9.47 Å². The van der Waals surface area contributed by atoms with Crippen LogP contribution in [0.3, 0.4) is 0 Å². The summed E-state index contributed by atoms with van der Waals surface area (Å²) in [7, 11) is -8.61. The lowest BCUT2D eigenvalue weighted by molar-refractivity contribution is 0.0399. The third kappa shape index (κ3) is 9.88. The molecule has 2 aromatic rings. The first-order valence-electron chi connectivity index (χ1n) is 13.4. The SMILES string of the molecule is CCOP(=O)(CN(C(=O)OC(C)(C)C)S(=O)(=O)c1sc2cc(OCCCCl)c(OCCCCl)cc2c1CC)OCC. The Labute approximate surface area is 257 Å². The van der Waals surface area contributed by atoms with Gasteiger partial charge in [0.2, 0.25) is 0 Å². The Morgan fingerprint density at radius 3 is 1.98 bits per heavy atom. The highest BCUT2D eigenvalue weighted by atomic mass is 35.5. The minimum atomic E-state index is -4.59. The molecule has 1 amide bonds. The number of alkyl halides is 2. The van der Waals surface area contributed by atoms with Gasteiger partial charge in [0.25, 0.3) is 10.0 Å². The molecule has 0 spiro atoms. The number of hydrogen-bond donors (Lipinski definition) is 0. The summed E-state index contributed by atoms with van der Waals surface area (Å²) in [6, 6.07) is 3.45. The predicted molar refractivity (Wildman–Crippen MR) is 164 cm³/mol. The summed E-state index contributed by atoms with van der Waals surface area (Å²) in [6.07, 6.45) is -0.501. The van der Waals surface area contributed by atoms with Crippen LogP contribution >= 0.6 is 42.1 Å². The highest BCUT2D eigenvalue weighted by Gasteiger charge is 2.42. The molecule has 0 aliphatic heterocycles. The topological polar surface area (TPSA) is 118 Å². The molecule has 1 aromatic heterocycles. The summed E-state index contributed by atoms with van der Waals surface area (Å²) < 4.78 is 70.7. The summed E-state index contributed by atoms with van der Waals surface area (Å²) in [4.78, 5) is 13.3. The fourth-order valence-corrected chi connectivity index (χ4v) is 9.39. The van der Waals surface area contributed by atoms with Crippen molar-refractivity contribution in [2.75, 3.05) is 44.5 Å². The van der Waals surface area contributed by atoms with Crippen molar-refractivity contribution in [2.45, 2.75) is 70.6 Å². The normalized spacial score (nSPS) is 12.5. The summed E-state index contributed by atoms with van der Waals surface area (Å²) >= 11 is 12.6. The highest BCUT2D eigenvalue weighted by Crippen LogP contribution is 2.50. The van der Waals surface area contributed by atoms with E-state index < -0.39 is 35.6 Å². The standard InChI is InChI=1S/C26H40Cl2NO9PS2/c1-7-19-20-16-21(34-14-10-12-27)22(35-15-11-13-28)17-23(20)40-24(19)41(32,33)29(25(30)38-26(4,5)6)18-39(31,36-8-2)37-9-3/h16-17H,7-15,18H2,1-6H3. The number of halogens is 2. The minimum absolute atomic E-state index is 0.0123. The first-order chi connectivity index (χ1) is 19.3. The molecule has 2 rings (SSSR count). The van der Waals surface area contributed by atoms with Crippen LogP contribution in [0.5, 0.6) is 11.5 Å². The van der Waals surface area contributed by atoms with Gasteiger partial charge in [-0.1, -0.05) is 6.92 Å². The van der Waals surface area contributed by atoms with E-state index in [1.54, 1.807) is 46.8 Å². The Bertz CT molecular complexity index is 1300. The predicted octanol–water partition coefficient (Wildman–Crippen LogP) is 7.63. The summed E-state index contributed by atoms with van der Waals surface area (Å²) in [6.45, 7) is 10.5. The van der Waals surface area contributed by atoms with Crippen LogP contribution in [0.1, 0.15) is 59.9 Å². The molecule has 0 saturated carbocycles. The van der Waals surface area contributed by atoms with Gasteiger partial charge in [-0.05, 0) is 65.5 Å². The largest absolute Gasteiger partial charge is 0.490 e. The van der Waals surface area contributed by atoms with Gasteiger partial charge < -0.3 is 23.3 Å². The summed E-state index contributed by atoms with van der Waals surface area (Å²) in [5, 5.41) is 0.628. The number of carbonyl (C=O) groups is 1. The van der Waals surface area contributed by atoms with Gasteiger partial charge in [0.05, 0.1) is 26.4 Å². The molecule has 0 atom stereocenters. The van der Waals surface area contributed by atoms with Crippen LogP contribution in [0, 0.1) is 0 Å². The second-order valence-electron chi connectivity index (χ2n) is 9.72. The fraction of sp³-hybridized carbons (Fsp3) is 0.654. The molecule has 0 radical (unpaired) electrons. The number of fused-ring (bicyclic) bond motifs is 1. The number of ether oxygens (including phenoxy) is 3. The van der Waals surface area contributed by atoms with E-state index in [1.807, 2.05) is 6.92 Å². The Morgan fingerprint density at radius 1 is 0.976 bits per heavy atom. The van der Waals surface area contributed by atoms with Crippen molar-refractivity contribution in [3.63, 3.8) is 0 Å². The Hall–Kier alpha value is -1.27. The number of carbonyl (C=O) groups excluding carboxylic acids is 1. The number of rotatable bonds is 17. The molecular weight excluding hydrogens is 636 g/mol. The second-order valence-corrected chi connectivity index (χ2v) is 15.6. The van der Waals surface area contributed by atoms with Crippen LogP contribution in [0.4, 0.5) is 4.79 Å². The van der Waals surface area contributed by atoms with E-state index in [0.29, 0.717) is 75.7 Å². The first kappa shape index (κ1) is 35.9. The van der Waals surface area contributed by atoms with Gasteiger partial charge in [-0.15, -0.1) is 34.5 Å². The molecule has 0 N–H and O–H groups in total. The van der Waals surface area contributed by atoms with Gasteiger partial charge in [-0.25, -0.2) is 4.79 Å². The van der Waals surface area contributed by atoms with E-state index in [9.17, 15) is 17.8 Å². The molecule has 10 nitrogen and oxygen atoms in total. The van der Waals surface area contributed by atoms with E-state index in [0.717, 1.165) is 11.3 Å². The number of benzene rings is 1. The molecule has 0 bridgehead atoms. The Kier molecular flexibility index (Phi) is 14.0. The maximum atomic E-state index is 14.2. The Morgan fingerprint density at radius 2 is 1.51 bits per heavy atom. The zero-order chi connectivity index (χ0) is 30.8. The van der Waals surface area contributed by atoms with Crippen LogP contribution in [-0.2, 0) is 34.8 Å². The molecule has 15 heteroatoms. The molecule has 0 saturated heterocycles. The van der Waals surface area contributed by atoms with E-state index in [4.69, 9.17) is 46.5 Å². The third-order valence-electron chi connectivity index (χ3n) is 5.32. The van der Waals surface area contributed by atoms with Gasteiger partial charge in [0, 0.05) is 27.9 Å². The van der Waals surface area contributed by atoms with Gasteiger partial charge in [0.1, 0.15) is 16.1 Å². The third-order valence-corrected chi connectivity index (χ3v) is 11.4. The maximum Gasteiger partial charge on any atom is 0.424 e. The van der Waals surface area contributed by atoms with E-state index in [1.165, 1.54) is 0 Å². The first-order valence-corrected chi connectivity index (χ1v) is 18.4. The molecule has 234 valence electrons. The van der Waals surface area contributed by atoms with Gasteiger partial charge in [-0.2, -0.15) is 12.7 Å². The molecule has 0 aliphatic carbocycles. The quantitative estimate of drug-likeness (QED) is 0.0947. The number of thiophene rings is 1. The smallest absolute Gasteiger partial charge is 0.424 e. The molecule has 0 unspecified atom stereocenters. The zero-order valence-corrected chi connectivity index (χ0v) is 28.4. The van der Waals surface area contributed by atoms with Gasteiger partial charge in [0.15, 0.2) is 11.5 Å². The number of sulfonamides is 1. The monoisotopic (exact) mass is 675 g/mol. The Balaban J connectivity index is 2.72. The number of amides is 1. The van der Waals surface area contributed by atoms with Crippen molar-refractivity contribution < 1.29 is 41.0 Å². The van der Waals surface area contributed by atoms with Crippen molar-refractivity contribution in [2.24, 2.45) is 0 Å². The average Bonchev–Trinajstić information content (AvgIpc) is 3.25. The lowest BCUT2D eigenvalue weighted by atomic mass is 10.1. The maximum absolute atomic E-state index is 14.2. The molecule has 1 aromatic carbocycles. The van der Waals surface area contributed by atoms with Crippen molar-refractivity contribution in [3.8, 4) is 11.5 Å². The van der Waals surface area contributed by atoms with Crippen molar-refractivity contribution >= 4 is 68.3 Å². The molecular formula is C26H40Cl2NO9PS2. The second kappa shape index (κ2) is 16.0. The molecule has 1 heterocycles. The fourth-order valence-electron chi connectivity index (χ4n) is 3.69. The number of hydrogen-bond acceptors (Lipinski definition) is 10. The van der Waals surface area contributed by atoms with Crippen molar-refractivity contribution in [3.05, 3.63) is 17.7 Å². The summed E-state index contributed by atoms with van der Waals surface area (Å²) in [5.41, 5.74) is -0.555. The van der Waals surface area contributed by atoms with Crippen molar-refractivity contribution in [1.82, 2.24) is 4.31 Å². The lowest BCUT2D eigenvalue weighted by Crippen LogP contribution is -2.41. The van der Waals surface area contributed by atoms with Crippen LogP contribution in [-0.4, -0.2) is 68.9 Å². The molecule has 41 heavy (non-hydrogen) atoms. The minimum Gasteiger partial charge on any atom is -0.490 e. The lowest BCUT2D eigenvalue weighted by Gasteiger charge is -2.29. The van der Waals surface area contributed by atoms with Gasteiger partial charge >= 0.3 is 13.7 Å². The van der Waals surface area contributed by atoms with Gasteiger partial charge in [-0.3, -0.25) is 4.57 Å². The summed E-state index contributed by atoms with van der Waals surface area (Å²) in [5.74, 6) is 1.71. The van der Waals surface area contributed by atoms with E-state index in [-0.39, 0.29) is 17.4 Å². The van der Waals surface area contributed by atoms with E-state index in [2.05, 4.69) is 0 Å². The van der Waals surface area contributed by atoms with Crippen LogP contribution in [0.25, 0.3) is 10.1 Å². The molecule has 0 fully saturated rings. The zero-order valence-electron chi connectivity index (χ0n) is 24.4. The van der Waals surface area contributed by atoms with Crippen LogP contribution in [0.2, 0.25) is 0 Å².